The molecule has 4 heterocycles. The quantitative estimate of drug-likeness (QED) is 0.220. The van der Waals surface area contributed by atoms with E-state index >= 15 is 0 Å². The molecule has 11 heteroatoms. The van der Waals surface area contributed by atoms with Crippen LogP contribution in [0.5, 0.6) is 0 Å². The summed E-state index contributed by atoms with van der Waals surface area (Å²) in [6, 6.07) is 12.8. The van der Waals surface area contributed by atoms with E-state index in [1.807, 2.05) is 12.1 Å². The van der Waals surface area contributed by atoms with Crippen molar-refractivity contribution in [1.29, 1.82) is 0 Å². The molecule has 3 aromatic heterocycles. The van der Waals surface area contributed by atoms with Gasteiger partial charge in [-0.2, -0.15) is 0 Å². The lowest BCUT2D eigenvalue weighted by atomic mass is 9.89. The maximum atomic E-state index is 6.44. The lowest BCUT2D eigenvalue weighted by Crippen LogP contribution is -2.49. The zero-order valence-electron chi connectivity index (χ0n) is 22.9. The smallest absolute Gasteiger partial charge is 0.205 e. The van der Waals surface area contributed by atoms with Crippen molar-refractivity contribution in [3.8, 4) is 11.1 Å². The molecule has 0 unspecified atom stereocenters. The fourth-order valence-electron chi connectivity index (χ4n) is 6.46. The van der Waals surface area contributed by atoms with E-state index in [0.29, 0.717) is 39.4 Å². The number of hydrogen-bond donors (Lipinski definition) is 3. The van der Waals surface area contributed by atoms with Crippen LogP contribution in [0.4, 0.5) is 17.5 Å². The Kier molecular flexibility index (Phi) is 6.98. The molecule has 7 rings (SSSR count). The summed E-state index contributed by atoms with van der Waals surface area (Å²) < 4.78 is 2.35. The van der Waals surface area contributed by atoms with Gasteiger partial charge in [0.1, 0.15) is 17.8 Å². The molecule has 2 aliphatic rings. The summed E-state index contributed by atoms with van der Waals surface area (Å²) in [4.78, 5) is 22.0. The first-order valence-corrected chi connectivity index (χ1v) is 14.9. The Hall–Kier alpha value is -3.37. The summed E-state index contributed by atoms with van der Waals surface area (Å²) in [5, 5.41) is 5.33. The first-order chi connectivity index (χ1) is 19.9. The number of benzene rings is 2. The monoisotopic (exact) mass is 589 g/mol. The fourth-order valence-corrected chi connectivity index (χ4v) is 6.99. The van der Waals surface area contributed by atoms with Gasteiger partial charge in [0.25, 0.3) is 0 Å². The summed E-state index contributed by atoms with van der Waals surface area (Å²) in [6.45, 7) is 4.68. The topological polar surface area (TPSA) is 104 Å². The molecule has 41 heavy (non-hydrogen) atoms. The number of rotatable bonds is 5. The number of imidazole rings is 1. The van der Waals surface area contributed by atoms with Crippen molar-refractivity contribution in [2.45, 2.75) is 37.8 Å². The van der Waals surface area contributed by atoms with E-state index in [-0.39, 0.29) is 0 Å². The fraction of sp³-hybridized carbons (Fsp3) is 0.367. The average Bonchev–Trinajstić information content (AvgIpc) is 3.56. The third kappa shape index (κ3) is 5.12. The Labute approximate surface area is 248 Å². The molecule has 9 nitrogen and oxygen atoms in total. The van der Waals surface area contributed by atoms with Gasteiger partial charge in [0.2, 0.25) is 5.95 Å². The van der Waals surface area contributed by atoms with E-state index in [4.69, 9.17) is 33.9 Å². The molecule has 212 valence electrons. The Morgan fingerprint density at radius 1 is 0.951 bits per heavy atom. The van der Waals surface area contributed by atoms with E-state index in [0.717, 1.165) is 59.3 Å². The highest BCUT2D eigenvalue weighted by Gasteiger charge is 2.30. The highest BCUT2D eigenvalue weighted by atomic mass is 35.5. The molecule has 0 bridgehead atoms. The van der Waals surface area contributed by atoms with Crippen molar-refractivity contribution < 1.29 is 0 Å². The van der Waals surface area contributed by atoms with Gasteiger partial charge in [-0.3, -0.25) is 4.90 Å². The van der Waals surface area contributed by atoms with E-state index in [1.54, 1.807) is 18.5 Å². The van der Waals surface area contributed by atoms with Crippen LogP contribution in [-0.2, 0) is 0 Å². The van der Waals surface area contributed by atoms with Crippen molar-refractivity contribution in [2.24, 2.45) is 0 Å². The van der Waals surface area contributed by atoms with Crippen LogP contribution in [-0.4, -0.2) is 73.6 Å². The molecule has 5 aromatic rings. The number of aromatic nitrogens is 5. The SMILES string of the molecule is CN1CCN(C2CCC(n3cc(-c4ccc(Nc5nc6cc(Cl)cc(Cl)c6[nH]5)cc4)c4c(N)ncnc43)CC2)CC1. The summed E-state index contributed by atoms with van der Waals surface area (Å²) in [5.41, 5.74) is 11.8. The van der Waals surface area contributed by atoms with Crippen molar-refractivity contribution in [2.75, 3.05) is 44.3 Å². The average molecular weight is 591 g/mol. The van der Waals surface area contributed by atoms with Crippen LogP contribution in [0.15, 0.2) is 48.9 Å². The molecule has 4 N–H and O–H groups in total. The summed E-state index contributed by atoms with van der Waals surface area (Å²) in [5.74, 6) is 1.10. The number of likely N-dealkylation sites (N-methyl/N-ethyl adjacent to an activating group) is 1. The maximum absolute atomic E-state index is 6.44. The Bertz CT molecular complexity index is 1700. The maximum Gasteiger partial charge on any atom is 0.205 e. The number of fused-ring (bicyclic) bond motifs is 2. The van der Waals surface area contributed by atoms with Gasteiger partial charge in [0.15, 0.2) is 0 Å². The van der Waals surface area contributed by atoms with Crippen molar-refractivity contribution in [3.63, 3.8) is 0 Å². The molecule has 2 aromatic carbocycles. The first kappa shape index (κ1) is 26.5. The number of piperazine rings is 1. The van der Waals surface area contributed by atoms with Gasteiger partial charge in [-0.15, -0.1) is 0 Å². The van der Waals surface area contributed by atoms with Crippen LogP contribution >= 0.6 is 23.2 Å². The van der Waals surface area contributed by atoms with Gasteiger partial charge < -0.3 is 25.5 Å². The minimum atomic E-state index is 0.401. The first-order valence-electron chi connectivity index (χ1n) is 14.2. The van der Waals surface area contributed by atoms with Gasteiger partial charge in [0.05, 0.1) is 21.4 Å². The molecule has 0 spiro atoms. The normalized spacial score (nSPS) is 20.7. The predicted octanol–water partition coefficient (Wildman–Crippen LogP) is 6.34. The Morgan fingerprint density at radius 3 is 2.44 bits per heavy atom. The zero-order chi connectivity index (χ0) is 28.1. The van der Waals surface area contributed by atoms with Crippen LogP contribution in [0.25, 0.3) is 33.2 Å². The molecule has 1 saturated carbocycles. The van der Waals surface area contributed by atoms with Gasteiger partial charge in [-0.1, -0.05) is 35.3 Å². The number of hydrogen-bond acceptors (Lipinski definition) is 7. The minimum absolute atomic E-state index is 0.401. The Balaban J connectivity index is 1.12. The molecule has 0 radical (unpaired) electrons. The number of nitrogens with two attached hydrogens (primary N) is 1. The number of nitrogens with zero attached hydrogens (tertiary/aromatic N) is 6. The number of halogens is 2. The third-order valence-electron chi connectivity index (χ3n) is 8.72. The van der Waals surface area contributed by atoms with Crippen LogP contribution in [0.1, 0.15) is 31.7 Å². The van der Waals surface area contributed by atoms with Crippen molar-refractivity contribution in [3.05, 3.63) is 59.0 Å². The molecule has 1 aliphatic heterocycles. The Morgan fingerprint density at radius 2 is 1.68 bits per heavy atom. The number of nitrogens with one attached hydrogen (secondary N) is 2. The second-order valence-corrected chi connectivity index (χ2v) is 12.1. The number of anilines is 3. The summed E-state index contributed by atoms with van der Waals surface area (Å²) in [7, 11) is 2.22. The van der Waals surface area contributed by atoms with E-state index < -0.39 is 0 Å². The highest BCUT2D eigenvalue weighted by molar-refractivity contribution is 6.38. The lowest BCUT2D eigenvalue weighted by molar-refractivity contribution is 0.0828. The second kappa shape index (κ2) is 10.8. The molecular weight excluding hydrogens is 557 g/mol. The van der Waals surface area contributed by atoms with Gasteiger partial charge in [-0.05, 0) is 62.6 Å². The standard InChI is InChI=1S/C30H33Cl2N9/c1-39-10-12-40(13-11-39)21-6-8-22(9-7-21)41-16-23(26-28(33)34-17-35-29(26)41)18-2-4-20(5-3-18)36-30-37-25-15-19(31)14-24(32)27(25)38-30/h2-5,14-17,21-22H,6-13H2,1H3,(H2,33,34,35)(H2,36,37,38). The van der Waals surface area contributed by atoms with Crippen molar-refractivity contribution >= 4 is 62.7 Å². The van der Waals surface area contributed by atoms with Crippen LogP contribution in [0.2, 0.25) is 10.0 Å². The minimum Gasteiger partial charge on any atom is -0.383 e. The lowest BCUT2D eigenvalue weighted by Gasteiger charge is -2.41. The number of H-pyrrole nitrogens is 1. The molecule has 1 aliphatic carbocycles. The van der Waals surface area contributed by atoms with Crippen molar-refractivity contribution in [1.82, 2.24) is 34.3 Å². The van der Waals surface area contributed by atoms with Gasteiger partial charge >= 0.3 is 0 Å². The van der Waals surface area contributed by atoms with E-state index in [2.05, 4.69) is 60.0 Å². The second-order valence-electron chi connectivity index (χ2n) is 11.3. The van der Waals surface area contributed by atoms with Gasteiger partial charge in [-0.25, -0.2) is 15.0 Å². The van der Waals surface area contributed by atoms with E-state index in [1.165, 1.54) is 25.9 Å². The molecule has 1 saturated heterocycles. The largest absolute Gasteiger partial charge is 0.383 e. The zero-order valence-corrected chi connectivity index (χ0v) is 24.5. The van der Waals surface area contributed by atoms with Gasteiger partial charge in [0, 0.05) is 60.7 Å². The number of aromatic amines is 1. The molecule has 2 fully saturated rings. The molecular formula is C30H33Cl2N9. The third-order valence-corrected chi connectivity index (χ3v) is 9.24. The summed E-state index contributed by atoms with van der Waals surface area (Å²) in [6.07, 6.45) is 8.50. The van der Waals surface area contributed by atoms with Crippen LogP contribution in [0.3, 0.4) is 0 Å². The number of nitrogen functional groups attached to an aromatic ring is 1. The summed E-state index contributed by atoms with van der Waals surface area (Å²) >= 11 is 12.5. The highest BCUT2D eigenvalue weighted by Crippen LogP contribution is 2.39. The van der Waals surface area contributed by atoms with Crippen LogP contribution in [0, 0.1) is 0 Å². The predicted molar refractivity (Wildman–Crippen MR) is 167 cm³/mol. The molecule has 0 atom stereocenters. The van der Waals surface area contributed by atoms with E-state index in [9.17, 15) is 0 Å². The van der Waals surface area contributed by atoms with Crippen LogP contribution < -0.4 is 11.1 Å². The molecule has 0 amide bonds.